The molecule has 130 valence electrons. The quantitative estimate of drug-likeness (QED) is 0.441. The van der Waals surface area contributed by atoms with Crippen molar-refractivity contribution in [1.82, 2.24) is 15.2 Å². The van der Waals surface area contributed by atoms with E-state index in [4.69, 9.17) is 9.73 Å². The van der Waals surface area contributed by atoms with Gasteiger partial charge in [-0.3, -0.25) is 0 Å². The smallest absolute Gasteiger partial charge is 0.218 e. The summed E-state index contributed by atoms with van der Waals surface area (Å²) in [4.78, 5) is 11.5. The number of aromatic nitrogens is 1. The van der Waals surface area contributed by atoms with Crippen molar-refractivity contribution in [2.45, 2.75) is 40.2 Å². The second kappa shape index (κ2) is 10.7. The normalized spacial score (nSPS) is 18.3. The van der Waals surface area contributed by atoms with E-state index >= 15 is 0 Å². The van der Waals surface area contributed by atoms with Gasteiger partial charge in [-0.1, -0.05) is 13.0 Å². The number of nitrogens with zero attached hydrogens (tertiary/aromatic N) is 3. The predicted octanol–water partition coefficient (Wildman–Crippen LogP) is 3.30. The molecule has 0 saturated carbocycles. The maximum Gasteiger partial charge on any atom is 0.218 e. The summed E-state index contributed by atoms with van der Waals surface area (Å²) in [7, 11) is 0. The summed E-state index contributed by atoms with van der Waals surface area (Å²) < 4.78 is 5.58. The third-order valence-electron chi connectivity index (χ3n) is 3.82. The van der Waals surface area contributed by atoms with Crippen LogP contribution in [0.1, 0.15) is 39.2 Å². The standard InChI is InChI=1S/C17H28N4O.HI/c1-4-18-17(21-11-7-8-14(3)13-21)20-12-15-9-6-10-19-16(15)22-5-2;/h6,9-10,14H,4-5,7-8,11-13H2,1-3H3,(H,18,20);1H. The molecule has 1 fully saturated rings. The number of likely N-dealkylation sites (tertiary alicyclic amines) is 1. The first-order chi connectivity index (χ1) is 10.7. The zero-order valence-electron chi connectivity index (χ0n) is 14.4. The third kappa shape index (κ3) is 6.16. The Morgan fingerprint density at radius 3 is 3.00 bits per heavy atom. The molecule has 0 amide bonds. The van der Waals surface area contributed by atoms with Gasteiger partial charge in [-0.25, -0.2) is 9.98 Å². The zero-order chi connectivity index (χ0) is 15.8. The van der Waals surface area contributed by atoms with Crippen LogP contribution in [0.15, 0.2) is 23.3 Å². The molecule has 1 saturated heterocycles. The van der Waals surface area contributed by atoms with E-state index in [9.17, 15) is 0 Å². The van der Waals surface area contributed by atoms with Crippen LogP contribution in [0.5, 0.6) is 5.88 Å². The lowest BCUT2D eigenvalue weighted by atomic mass is 10.0. The van der Waals surface area contributed by atoms with E-state index in [0.717, 1.165) is 37.1 Å². The first-order valence-corrected chi connectivity index (χ1v) is 8.34. The minimum Gasteiger partial charge on any atom is -0.478 e. The first kappa shape index (κ1) is 20.0. The monoisotopic (exact) mass is 432 g/mol. The highest BCUT2D eigenvalue weighted by molar-refractivity contribution is 14.0. The van der Waals surface area contributed by atoms with Crippen molar-refractivity contribution in [1.29, 1.82) is 0 Å². The van der Waals surface area contributed by atoms with Crippen molar-refractivity contribution < 1.29 is 4.74 Å². The molecule has 1 atom stereocenters. The highest BCUT2D eigenvalue weighted by Gasteiger charge is 2.19. The Hall–Kier alpha value is -1.05. The molecule has 5 nitrogen and oxygen atoms in total. The van der Waals surface area contributed by atoms with Crippen molar-refractivity contribution >= 4 is 29.9 Å². The number of piperidine rings is 1. The van der Waals surface area contributed by atoms with E-state index in [0.29, 0.717) is 19.0 Å². The number of hydrogen-bond acceptors (Lipinski definition) is 3. The highest BCUT2D eigenvalue weighted by atomic mass is 127. The number of rotatable bonds is 5. The Balaban J connectivity index is 0.00000264. The van der Waals surface area contributed by atoms with Crippen LogP contribution in [0, 0.1) is 5.92 Å². The molecule has 6 heteroatoms. The van der Waals surface area contributed by atoms with Crippen LogP contribution in [0.25, 0.3) is 0 Å². The van der Waals surface area contributed by atoms with Crippen LogP contribution in [0.4, 0.5) is 0 Å². The number of nitrogens with one attached hydrogen (secondary N) is 1. The van der Waals surface area contributed by atoms with Gasteiger partial charge in [-0.2, -0.15) is 0 Å². The summed E-state index contributed by atoms with van der Waals surface area (Å²) in [6.07, 6.45) is 4.31. The van der Waals surface area contributed by atoms with Gasteiger partial charge >= 0.3 is 0 Å². The van der Waals surface area contributed by atoms with E-state index in [1.807, 2.05) is 19.1 Å². The van der Waals surface area contributed by atoms with Crippen molar-refractivity contribution in [3.63, 3.8) is 0 Å². The summed E-state index contributed by atoms with van der Waals surface area (Å²) in [6, 6.07) is 3.97. The van der Waals surface area contributed by atoms with Crippen LogP contribution < -0.4 is 10.1 Å². The second-order valence-corrected chi connectivity index (χ2v) is 5.76. The number of aliphatic imine (C=N–C) groups is 1. The van der Waals surface area contributed by atoms with E-state index < -0.39 is 0 Å². The van der Waals surface area contributed by atoms with Crippen LogP contribution in [0.2, 0.25) is 0 Å². The number of pyridine rings is 1. The summed E-state index contributed by atoms with van der Waals surface area (Å²) in [6.45, 7) is 10.7. The zero-order valence-corrected chi connectivity index (χ0v) is 16.7. The SMILES string of the molecule is CCNC(=NCc1cccnc1OCC)N1CCCC(C)C1.I. The van der Waals surface area contributed by atoms with Gasteiger partial charge < -0.3 is 15.0 Å². The molecule has 0 bridgehead atoms. The number of ether oxygens (including phenoxy) is 1. The maximum absolute atomic E-state index is 5.58. The average molecular weight is 432 g/mol. The molecule has 23 heavy (non-hydrogen) atoms. The highest BCUT2D eigenvalue weighted by Crippen LogP contribution is 2.18. The van der Waals surface area contributed by atoms with E-state index in [2.05, 4.69) is 29.0 Å². The minimum absolute atomic E-state index is 0. The topological polar surface area (TPSA) is 49.8 Å². The number of guanidine groups is 1. The molecule has 2 heterocycles. The lowest BCUT2D eigenvalue weighted by molar-refractivity contribution is 0.266. The van der Waals surface area contributed by atoms with Crippen molar-refractivity contribution in [3.8, 4) is 5.88 Å². The Labute approximate surface area is 156 Å². The van der Waals surface area contributed by atoms with Gasteiger partial charge in [0.2, 0.25) is 5.88 Å². The fourth-order valence-corrected chi connectivity index (χ4v) is 2.78. The molecule has 1 N–H and O–H groups in total. The van der Waals surface area contributed by atoms with Crippen molar-refractivity contribution in [3.05, 3.63) is 23.9 Å². The summed E-state index contributed by atoms with van der Waals surface area (Å²) in [5, 5.41) is 3.41. The second-order valence-electron chi connectivity index (χ2n) is 5.76. The fraction of sp³-hybridized carbons (Fsp3) is 0.647. The van der Waals surface area contributed by atoms with Gasteiger partial charge in [0.15, 0.2) is 5.96 Å². The van der Waals surface area contributed by atoms with E-state index in [-0.39, 0.29) is 24.0 Å². The van der Waals surface area contributed by atoms with Gasteiger partial charge in [-0.05, 0) is 38.7 Å². The molecule has 1 aromatic heterocycles. The molecule has 1 unspecified atom stereocenters. The summed E-state index contributed by atoms with van der Waals surface area (Å²) in [5.41, 5.74) is 1.03. The number of hydrogen-bond donors (Lipinski definition) is 1. The van der Waals surface area contributed by atoms with Gasteiger partial charge in [0.1, 0.15) is 0 Å². The molecule has 1 aromatic rings. The van der Waals surface area contributed by atoms with Crippen molar-refractivity contribution in [2.75, 3.05) is 26.2 Å². The lowest BCUT2D eigenvalue weighted by Crippen LogP contribution is -2.46. The lowest BCUT2D eigenvalue weighted by Gasteiger charge is -2.33. The molecule has 1 aliphatic rings. The van der Waals surface area contributed by atoms with Gasteiger partial charge in [0, 0.05) is 31.4 Å². The molecule has 2 rings (SSSR count). The number of halogens is 1. The van der Waals surface area contributed by atoms with Crippen LogP contribution in [-0.2, 0) is 6.54 Å². The summed E-state index contributed by atoms with van der Waals surface area (Å²) in [5.74, 6) is 2.42. The van der Waals surface area contributed by atoms with Crippen LogP contribution in [-0.4, -0.2) is 42.1 Å². The van der Waals surface area contributed by atoms with Gasteiger partial charge in [0.05, 0.1) is 13.2 Å². The Kier molecular flexibility index (Phi) is 9.28. The van der Waals surface area contributed by atoms with Crippen LogP contribution >= 0.6 is 24.0 Å². The fourth-order valence-electron chi connectivity index (χ4n) is 2.78. The Morgan fingerprint density at radius 1 is 1.48 bits per heavy atom. The predicted molar refractivity (Wildman–Crippen MR) is 106 cm³/mol. The van der Waals surface area contributed by atoms with E-state index in [1.54, 1.807) is 6.20 Å². The van der Waals surface area contributed by atoms with Crippen molar-refractivity contribution in [2.24, 2.45) is 10.9 Å². The third-order valence-corrected chi connectivity index (χ3v) is 3.82. The Morgan fingerprint density at radius 2 is 2.30 bits per heavy atom. The van der Waals surface area contributed by atoms with Crippen LogP contribution in [0.3, 0.4) is 0 Å². The average Bonchev–Trinajstić information content (AvgIpc) is 2.53. The molecule has 0 aromatic carbocycles. The Bertz CT molecular complexity index is 495. The largest absolute Gasteiger partial charge is 0.478 e. The molecule has 1 aliphatic heterocycles. The first-order valence-electron chi connectivity index (χ1n) is 8.34. The molecular weight excluding hydrogens is 403 g/mol. The van der Waals surface area contributed by atoms with Gasteiger partial charge in [0.25, 0.3) is 0 Å². The molecule has 0 spiro atoms. The van der Waals surface area contributed by atoms with E-state index in [1.165, 1.54) is 12.8 Å². The molecular formula is C17H29IN4O. The van der Waals surface area contributed by atoms with Gasteiger partial charge in [-0.15, -0.1) is 24.0 Å². The minimum atomic E-state index is 0. The summed E-state index contributed by atoms with van der Waals surface area (Å²) >= 11 is 0. The molecule has 0 radical (unpaired) electrons. The molecule has 0 aliphatic carbocycles. The maximum atomic E-state index is 5.58.